The summed E-state index contributed by atoms with van der Waals surface area (Å²) in [5, 5.41) is 19.6. The van der Waals surface area contributed by atoms with Crippen molar-refractivity contribution in [3.05, 3.63) is 10.1 Å². The molecule has 6 heteroatoms. The van der Waals surface area contributed by atoms with Crippen molar-refractivity contribution in [1.29, 1.82) is 0 Å². The Morgan fingerprint density at radius 3 is 2.38 bits per heavy atom. The minimum absolute atomic E-state index is 0.0609. The molecule has 1 aliphatic carbocycles. The molecule has 16 heavy (non-hydrogen) atoms. The van der Waals surface area contributed by atoms with Crippen molar-refractivity contribution in [3.63, 3.8) is 0 Å². The monoisotopic (exact) mass is 231 g/mol. The fourth-order valence-electron chi connectivity index (χ4n) is 1.75. The van der Waals surface area contributed by atoms with Gasteiger partial charge in [0.25, 0.3) is 0 Å². The highest BCUT2D eigenvalue weighted by atomic mass is 16.6. The maximum atomic E-state index is 11.5. The number of carbonyl (C=O) groups is 1. The molecule has 1 saturated carbocycles. The number of hydrogen-bond donors (Lipinski definition) is 1. The first-order valence-corrected chi connectivity index (χ1v) is 5.18. The molecular formula is C10H17NO5. The van der Waals surface area contributed by atoms with Crippen LogP contribution in [0.25, 0.3) is 0 Å². The van der Waals surface area contributed by atoms with Crippen LogP contribution in [0.4, 0.5) is 0 Å². The summed E-state index contributed by atoms with van der Waals surface area (Å²) in [6.07, 6.45) is 0.122. The van der Waals surface area contributed by atoms with Gasteiger partial charge in [-0.15, -0.1) is 0 Å². The number of aliphatic hydroxyl groups excluding tert-OH is 1. The van der Waals surface area contributed by atoms with Gasteiger partial charge in [-0.1, -0.05) is 0 Å². The van der Waals surface area contributed by atoms with Gasteiger partial charge in [0, 0.05) is 17.8 Å². The Hall–Kier alpha value is -1.17. The topological polar surface area (TPSA) is 89.7 Å². The van der Waals surface area contributed by atoms with E-state index in [0.717, 1.165) is 0 Å². The minimum atomic E-state index is -1.33. The van der Waals surface area contributed by atoms with E-state index in [-0.39, 0.29) is 12.8 Å². The molecule has 92 valence electrons. The van der Waals surface area contributed by atoms with Crippen LogP contribution in [-0.4, -0.2) is 33.7 Å². The van der Waals surface area contributed by atoms with Gasteiger partial charge < -0.3 is 9.84 Å². The van der Waals surface area contributed by atoms with E-state index in [1.54, 1.807) is 20.8 Å². The number of ether oxygens (including phenoxy) is 1. The summed E-state index contributed by atoms with van der Waals surface area (Å²) in [5.74, 6) is -0.879. The molecule has 0 amide bonds. The number of esters is 1. The second kappa shape index (κ2) is 4.01. The summed E-state index contributed by atoms with van der Waals surface area (Å²) in [6.45, 7) is 4.71. The van der Waals surface area contributed by atoms with Gasteiger partial charge in [-0.25, -0.2) is 0 Å². The summed E-state index contributed by atoms with van der Waals surface area (Å²) in [5.41, 5.74) is -1.91. The second-order valence-corrected chi connectivity index (χ2v) is 5.28. The molecule has 0 spiro atoms. The zero-order valence-electron chi connectivity index (χ0n) is 9.73. The lowest BCUT2D eigenvalue weighted by atomic mass is 9.69. The molecule has 1 fully saturated rings. The third-order valence-electron chi connectivity index (χ3n) is 2.67. The fraction of sp³-hybridized carbons (Fsp3) is 0.900. The van der Waals surface area contributed by atoms with Crippen LogP contribution >= 0.6 is 0 Å². The predicted molar refractivity (Wildman–Crippen MR) is 55.4 cm³/mol. The van der Waals surface area contributed by atoms with Crippen LogP contribution < -0.4 is 0 Å². The van der Waals surface area contributed by atoms with E-state index in [0.29, 0.717) is 0 Å². The molecule has 0 aromatic rings. The van der Waals surface area contributed by atoms with Gasteiger partial charge >= 0.3 is 5.97 Å². The number of rotatable bonds is 3. The van der Waals surface area contributed by atoms with Crippen LogP contribution in [-0.2, 0) is 9.53 Å². The Kier molecular flexibility index (Phi) is 3.23. The molecule has 0 bridgehead atoms. The average Bonchev–Trinajstić information content (AvgIpc) is 1.98. The van der Waals surface area contributed by atoms with E-state index in [1.807, 2.05) is 0 Å². The van der Waals surface area contributed by atoms with Crippen LogP contribution in [0.5, 0.6) is 0 Å². The minimum Gasteiger partial charge on any atom is -0.460 e. The van der Waals surface area contributed by atoms with Crippen molar-refractivity contribution in [2.75, 3.05) is 6.61 Å². The van der Waals surface area contributed by atoms with Crippen LogP contribution in [0.1, 0.15) is 33.6 Å². The fourth-order valence-corrected chi connectivity index (χ4v) is 1.75. The first-order chi connectivity index (χ1) is 7.20. The third-order valence-corrected chi connectivity index (χ3v) is 2.67. The number of aliphatic hydroxyl groups is 1. The van der Waals surface area contributed by atoms with E-state index in [2.05, 4.69) is 0 Å². The molecule has 0 unspecified atom stereocenters. The molecular weight excluding hydrogens is 214 g/mol. The summed E-state index contributed by atoms with van der Waals surface area (Å²) in [6, 6.07) is 0. The summed E-state index contributed by atoms with van der Waals surface area (Å²) >= 11 is 0. The third kappa shape index (κ3) is 2.49. The predicted octanol–water partition coefficient (Wildman–Crippen LogP) is 0.746. The number of nitro groups is 1. The van der Waals surface area contributed by atoms with Gasteiger partial charge in [0.1, 0.15) is 12.2 Å². The summed E-state index contributed by atoms with van der Waals surface area (Å²) in [7, 11) is 0. The van der Waals surface area contributed by atoms with Crippen molar-refractivity contribution in [2.24, 2.45) is 5.92 Å². The maximum Gasteiger partial charge on any atom is 0.310 e. The zero-order chi connectivity index (χ0) is 12.6. The lowest BCUT2D eigenvalue weighted by Gasteiger charge is -2.38. The highest BCUT2D eigenvalue weighted by Gasteiger charge is 2.58. The molecule has 1 rings (SSSR count). The Labute approximate surface area is 93.7 Å². The second-order valence-electron chi connectivity index (χ2n) is 5.28. The highest BCUT2D eigenvalue weighted by molar-refractivity contribution is 5.74. The van der Waals surface area contributed by atoms with E-state index in [1.165, 1.54) is 0 Å². The first-order valence-electron chi connectivity index (χ1n) is 5.18. The van der Waals surface area contributed by atoms with Gasteiger partial charge in [-0.3, -0.25) is 14.9 Å². The van der Waals surface area contributed by atoms with Crippen molar-refractivity contribution in [3.8, 4) is 0 Å². The van der Waals surface area contributed by atoms with Crippen molar-refractivity contribution >= 4 is 5.97 Å². The molecule has 0 radical (unpaired) electrons. The molecule has 1 N–H and O–H groups in total. The number of nitrogens with zero attached hydrogens (tertiary/aromatic N) is 1. The van der Waals surface area contributed by atoms with Gasteiger partial charge in [0.2, 0.25) is 5.54 Å². The van der Waals surface area contributed by atoms with Crippen LogP contribution in [0.2, 0.25) is 0 Å². The SMILES string of the molecule is CC(C)(C)OC(=O)[C@H]1C[C@@](CO)([N+](=O)[O-])C1. The molecule has 0 aromatic heterocycles. The highest BCUT2D eigenvalue weighted by Crippen LogP contribution is 2.41. The van der Waals surface area contributed by atoms with E-state index in [9.17, 15) is 14.9 Å². The molecule has 0 saturated heterocycles. The summed E-state index contributed by atoms with van der Waals surface area (Å²) in [4.78, 5) is 21.7. The van der Waals surface area contributed by atoms with E-state index < -0.39 is 34.6 Å². The van der Waals surface area contributed by atoms with Gasteiger partial charge in [0.05, 0.1) is 5.92 Å². The molecule has 0 aliphatic heterocycles. The molecule has 0 aromatic carbocycles. The molecule has 0 heterocycles. The van der Waals surface area contributed by atoms with Crippen LogP contribution in [0.3, 0.4) is 0 Å². The van der Waals surface area contributed by atoms with Crippen molar-refractivity contribution in [1.82, 2.24) is 0 Å². The van der Waals surface area contributed by atoms with Crippen LogP contribution in [0.15, 0.2) is 0 Å². The normalized spacial score (nSPS) is 29.4. The average molecular weight is 231 g/mol. The van der Waals surface area contributed by atoms with Gasteiger partial charge in [0.15, 0.2) is 0 Å². The maximum absolute atomic E-state index is 11.5. The lowest BCUT2D eigenvalue weighted by molar-refractivity contribution is -0.593. The molecule has 6 nitrogen and oxygen atoms in total. The summed E-state index contributed by atoms with van der Waals surface area (Å²) < 4.78 is 5.12. The Morgan fingerprint density at radius 2 is 2.06 bits per heavy atom. The first kappa shape index (κ1) is 12.9. The number of carbonyl (C=O) groups excluding carboxylic acids is 1. The van der Waals surface area contributed by atoms with Crippen molar-refractivity contribution in [2.45, 2.75) is 44.8 Å². The van der Waals surface area contributed by atoms with E-state index in [4.69, 9.17) is 9.84 Å². The quantitative estimate of drug-likeness (QED) is 0.439. The lowest BCUT2D eigenvalue weighted by Crippen LogP contribution is -2.56. The van der Waals surface area contributed by atoms with E-state index >= 15 is 0 Å². The van der Waals surface area contributed by atoms with Gasteiger partial charge in [-0.05, 0) is 20.8 Å². The zero-order valence-corrected chi connectivity index (χ0v) is 9.73. The largest absolute Gasteiger partial charge is 0.460 e. The van der Waals surface area contributed by atoms with Crippen molar-refractivity contribution < 1.29 is 19.6 Å². The molecule has 1 aliphatic rings. The Morgan fingerprint density at radius 1 is 1.56 bits per heavy atom. The molecule has 0 atom stereocenters. The standard InChI is InChI=1S/C10H17NO5/c1-9(2,3)16-8(13)7-4-10(5-7,6-12)11(14)15/h7,12H,4-6H2,1-3H3/t7-,10+. The Bertz CT molecular complexity index is 301. The smallest absolute Gasteiger partial charge is 0.310 e. The number of hydrogen-bond acceptors (Lipinski definition) is 5. The van der Waals surface area contributed by atoms with Crippen LogP contribution in [0, 0.1) is 16.0 Å². The Balaban J connectivity index is 2.52. The van der Waals surface area contributed by atoms with Gasteiger partial charge in [-0.2, -0.15) is 0 Å².